The molecule has 1 aromatic carbocycles. The second-order valence-corrected chi connectivity index (χ2v) is 4.61. The quantitative estimate of drug-likeness (QED) is 0.894. The Bertz CT molecular complexity index is 540. The smallest absolute Gasteiger partial charge is 0.240 e. The summed E-state index contributed by atoms with van der Waals surface area (Å²) in [6, 6.07) is 8.62. The fourth-order valence-corrected chi connectivity index (χ4v) is 1.88. The topological polar surface area (TPSA) is 47.0 Å². The largest absolute Gasteiger partial charge is 0.479 e. The first-order valence-corrected chi connectivity index (χ1v) is 6.39. The minimum atomic E-state index is 0.441. The van der Waals surface area contributed by atoms with Crippen LogP contribution in [-0.2, 0) is 6.54 Å². The molecule has 0 unspecified atom stereocenters. The van der Waals surface area contributed by atoms with E-state index in [1.54, 1.807) is 19.5 Å². The highest BCUT2D eigenvalue weighted by atomic mass is 16.5. The summed E-state index contributed by atoms with van der Waals surface area (Å²) in [5, 5.41) is 3.42. The third kappa shape index (κ3) is 3.29. The Kier molecular flexibility index (Phi) is 4.47. The minimum absolute atomic E-state index is 0.441. The van der Waals surface area contributed by atoms with Crippen molar-refractivity contribution >= 4 is 0 Å². The molecule has 100 valence electrons. The first-order valence-electron chi connectivity index (χ1n) is 6.39. The Labute approximate surface area is 113 Å². The van der Waals surface area contributed by atoms with Crippen LogP contribution in [0.4, 0.5) is 0 Å². The van der Waals surface area contributed by atoms with Gasteiger partial charge >= 0.3 is 0 Å². The lowest BCUT2D eigenvalue weighted by molar-refractivity contribution is 0.397. The average molecular weight is 257 g/mol. The lowest BCUT2D eigenvalue weighted by Gasteiger charge is -2.13. The Morgan fingerprint density at radius 2 is 1.89 bits per heavy atom. The Hall–Kier alpha value is -1.94. The van der Waals surface area contributed by atoms with Crippen molar-refractivity contribution in [3.8, 4) is 17.1 Å². The first-order chi connectivity index (χ1) is 9.22. The van der Waals surface area contributed by atoms with E-state index in [-0.39, 0.29) is 0 Å². The van der Waals surface area contributed by atoms with Crippen molar-refractivity contribution in [3.05, 3.63) is 42.2 Å². The monoisotopic (exact) mass is 257 g/mol. The SMILES string of the molecule is COc1nccnc1-c1ccccc1CNC(C)C. The van der Waals surface area contributed by atoms with Crippen molar-refractivity contribution in [3.63, 3.8) is 0 Å². The van der Waals surface area contributed by atoms with Crippen LogP contribution in [0, 0.1) is 0 Å². The zero-order valence-electron chi connectivity index (χ0n) is 11.6. The molecule has 0 fully saturated rings. The molecule has 1 heterocycles. The second-order valence-electron chi connectivity index (χ2n) is 4.61. The molecule has 2 aromatic rings. The number of hydrogen-bond donors (Lipinski definition) is 1. The van der Waals surface area contributed by atoms with Gasteiger partial charge in [-0.15, -0.1) is 0 Å². The maximum absolute atomic E-state index is 5.29. The lowest BCUT2D eigenvalue weighted by atomic mass is 10.0. The highest BCUT2D eigenvalue weighted by Gasteiger charge is 2.12. The van der Waals surface area contributed by atoms with Crippen LogP contribution in [0.2, 0.25) is 0 Å². The maximum Gasteiger partial charge on any atom is 0.240 e. The number of nitrogens with one attached hydrogen (secondary N) is 1. The first kappa shape index (κ1) is 13.5. The van der Waals surface area contributed by atoms with Crippen molar-refractivity contribution in [2.24, 2.45) is 0 Å². The van der Waals surface area contributed by atoms with Crippen molar-refractivity contribution in [2.75, 3.05) is 7.11 Å². The number of nitrogens with zero attached hydrogens (tertiary/aromatic N) is 2. The predicted molar refractivity (Wildman–Crippen MR) is 76.0 cm³/mol. The number of methoxy groups -OCH3 is 1. The van der Waals surface area contributed by atoms with Gasteiger partial charge in [0.25, 0.3) is 0 Å². The minimum Gasteiger partial charge on any atom is -0.479 e. The number of aromatic nitrogens is 2. The van der Waals surface area contributed by atoms with Gasteiger partial charge in [0.2, 0.25) is 5.88 Å². The molecular formula is C15H19N3O. The van der Waals surface area contributed by atoms with Gasteiger partial charge in [-0.05, 0) is 5.56 Å². The Balaban J connectivity index is 2.38. The summed E-state index contributed by atoms with van der Waals surface area (Å²) < 4.78 is 5.29. The lowest BCUT2D eigenvalue weighted by Crippen LogP contribution is -2.22. The standard InChI is InChI=1S/C15H19N3O/c1-11(2)18-10-12-6-4-5-7-13(12)14-15(19-3)17-9-8-16-14/h4-9,11,18H,10H2,1-3H3. The van der Waals surface area contributed by atoms with Gasteiger partial charge in [-0.25, -0.2) is 9.97 Å². The van der Waals surface area contributed by atoms with Crippen LogP contribution >= 0.6 is 0 Å². The van der Waals surface area contributed by atoms with Crippen LogP contribution in [0.3, 0.4) is 0 Å². The highest BCUT2D eigenvalue weighted by Crippen LogP contribution is 2.28. The molecule has 4 heteroatoms. The van der Waals surface area contributed by atoms with Gasteiger partial charge in [0.1, 0.15) is 5.69 Å². The van der Waals surface area contributed by atoms with E-state index >= 15 is 0 Å². The van der Waals surface area contributed by atoms with E-state index in [1.165, 1.54) is 5.56 Å². The third-order valence-corrected chi connectivity index (χ3v) is 2.83. The Morgan fingerprint density at radius 1 is 1.16 bits per heavy atom. The van der Waals surface area contributed by atoms with Gasteiger partial charge in [0.05, 0.1) is 7.11 Å². The molecule has 0 saturated carbocycles. The van der Waals surface area contributed by atoms with Crippen LogP contribution in [0.15, 0.2) is 36.7 Å². The van der Waals surface area contributed by atoms with Crippen LogP contribution in [0.25, 0.3) is 11.3 Å². The molecule has 0 aliphatic rings. The molecule has 0 spiro atoms. The fraction of sp³-hybridized carbons (Fsp3) is 0.333. The molecular weight excluding hydrogens is 238 g/mol. The number of ether oxygens (including phenoxy) is 1. The van der Waals surface area contributed by atoms with Gasteiger partial charge in [-0.3, -0.25) is 0 Å². The van der Waals surface area contributed by atoms with E-state index in [0.29, 0.717) is 11.9 Å². The maximum atomic E-state index is 5.29. The molecule has 0 atom stereocenters. The average Bonchev–Trinajstić information content (AvgIpc) is 2.45. The molecule has 0 aliphatic carbocycles. The molecule has 1 aromatic heterocycles. The summed E-state index contributed by atoms with van der Waals surface area (Å²) in [7, 11) is 1.61. The van der Waals surface area contributed by atoms with Crippen molar-refractivity contribution in [1.29, 1.82) is 0 Å². The van der Waals surface area contributed by atoms with E-state index < -0.39 is 0 Å². The molecule has 2 rings (SSSR count). The van der Waals surface area contributed by atoms with E-state index in [0.717, 1.165) is 17.8 Å². The molecule has 0 bridgehead atoms. The van der Waals surface area contributed by atoms with Crippen LogP contribution in [0.5, 0.6) is 5.88 Å². The van der Waals surface area contributed by atoms with Crippen molar-refractivity contribution in [1.82, 2.24) is 15.3 Å². The molecule has 0 aliphatic heterocycles. The van der Waals surface area contributed by atoms with Gasteiger partial charge in [0.15, 0.2) is 0 Å². The highest BCUT2D eigenvalue weighted by molar-refractivity contribution is 5.67. The van der Waals surface area contributed by atoms with Crippen LogP contribution in [0.1, 0.15) is 19.4 Å². The molecule has 19 heavy (non-hydrogen) atoms. The molecule has 0 amide bonds. The summed E-state index contributed by atoms with van der Waals surface area (Å²) in [5.74, 6) is 0.555. The molecule has 1 N–H and O–H groups in total. The summed E-state index contributed by atoms with van der Waals surface area (Å²) in [4.78, 5) is 8.60. The number of rotatable bonds is 5. The summed E-state index contributed by atoms with van der Waals surface area (Å²) >= 11 is 0. The molecule has 4 nitrogen and oxygen atoms in total. The summed E-state index contributed by atoms with van der Waals surface area (Å²) in [5.41, 5.74) is 3.03. The van der Waals surface area contributed by atoms with E-state index in [4.69, 9.17) is 4.74 Å². The normalized spacial score (nSPS) is 10.7. The van der Waals surface area contributed by atoms with Crippen LogP contribution < -0.4 is 10.1 Å². The molecule has 0 radical (unpaired) electrons. The van der Waals surface area contributed by atoms with Gasteiger partial charge in [0, 0.05) is 30.5 Å². The van der Waals surface area contributed by atoms with Gasteiger partial charge < -0.3 is 10.1 Å². The zero-order chi connectivity index (χ0) is 13.7. The zero-order valence-corrected chi connectivity index (χ0v) is 11.6. The Morgan fingerprint density at radius 3 is 2.63 bits per heavy atom. The summed E-state index contributed by atoms with van der Waals surface area (Å²) in [6.07, 6.45) is 3.32. The van der Waals surface area contributed by atoms with Gasteiger partial charge in [-0.1, -0.05) is 38.1 Å². The van der Waals surface area contributed by atoms with Crippen molar-refractivity contribution in [2.45, 2.75) is 26.4 Å². The molecule has 0 saturated heterocycles. The third-order valence-electron chi connectivity index (χ3n) is 2.83. The van der Waals surface area contributed by atoms with E-state index in [1.807, 2.05) is 18.2 Å². The van der Waals surface area contributed by atoms with Crippen LogP contribution in [-0.4, -0.2) is 23.1 Å². The van der Waals surface area contributed by atoms with E-state index in [2.05, 4.69) is 35.2 Å². The van der Waals surface area contributed by atoms with Crippen molar-refractivity contribution < 1.29 is 4.74 Å². The summed E-state index contributed by atoms with van der Waals surface area (Å²) in [6.45, 7) is 5.06. The van der Waals surface area contributed by atoms with Gasteiger partial charge in [-0.2, -0.15) is 0 Å². The number of hydrogen-bond acceptors (Lipinski definition) is 4. The number of benzene rings is 1. The fourth-order valence-electron chi connectivity index (χ4n) is 1.88. The predicted octanol–water partition coefficient (Wildman–Crippen LogP) is 2.65. The second kappa shape index (κ2) is 6.29. The van der Waals surface area contributed by atoms with E-state index in [9.17, 15) is 0 Å².